The third-order valence-corrected chi connectivity index (χ3v) is 3.97. The minimum Gasteiger partial charge on any atom is -0.339 e. The molecule has 7 nitrogen and oxygen atoms in total. The van der Waals surface area contributed by atoms with Gasteiger partial charge in [-0.25, -0.2) is 9.97 Å². The Bertz CT molecular complexity index is 920. The van der Waals surface area contributed by atoms with Gasteiger partial charge in [-0.15, -0.1) is 0 Å². The van der Waals surface area contributed by atoms with E-state index in [1.165, 1.54) is 0 Å². The fourth-order valence-corrected chi connectivity index (χ4v) is 2.46. The molecule has 0 aliphatic carbocycles. The molecule has 0 aliphatic rings. The Labute approximate surface area is 151 Å². The fraction of sp³-hybridized carbons (Fsp3) is 0.316. The number of nitrogens with one attached hydrogen (secondary N) is 1. The maximum absolute atomic E-state index is 12.4. The monoisotopic (exact) mass is 351 g/mol. The van der Waals surface area contributed by atoms with Gasteiger partial charge in [0.05, 0.1) is 0 Å². The van der Waals surface area contributed by atoms with Crippen molar-refractivity contribution in [3.63, 3.8) is 0 Å². The second kappa shape index (κ2) is 7.43. The van der Waals surface area contributed by atoms with Crippen molar-refractivity contribution in [2.75, 3.05) is 0 Å². The van der Waals surface area contributed by atoms with Crippen LogP contribution in [0, 0.1) is 6.92 Å². The number of aryl methyl sites for hydroxylation is 1. The van der Waals surface area contributed by atoms with Gasteiger partial charge in [-0.2, -0.15) is 4.98 Å². The summed E-state index contributed by atoms with van der Waals surface area (Å²) in [7, 11) is 0. The zero-order chi connectivity index (χ0) is 18.7. The Morgan fingerprint density at radius 1 is 1.12 bits per heavy atom. The second-order valence-corrected chi connectivity index (χ2v) is 6.42. The summed E-state index contributed by atoms with van der Waals surface area (Å²) in [4.78, 5) is 25.3. The minimum absolute atomic E-state index is 0.146. The van der Waals surface area contributed by atoms with Gasteiger partial charge >= 0.3 is 0 Å². The zero-order valence-electron chi connectivity index (χ0n) is 15.2. The van der Waals surface area contributed by atoms with Crippen LogP contribution in [0.3, 0.4) is 0 Å². The van der Waals surface area contributed by atoms with E-state index in [0.29, 0.717) is 23.2 Å². The van der Waals surface area contributed by atoms with Crippen LogP contribution >= 0.6 is 0 Å². The van der Waals surface area contributed by atoms with E-state index in [4.69, 9.17) is 4.52 Å². The normalized spacial score (nSPS) is 12.2. The van der Waals surface area contributed by atoms with Gasteiger partial charge in [0.15, 0.2) is 0 Å². The third-order valence-electron chi connectivity index (χ3n) is 3.97. The van der Waals surface area contributed by atoms with E-state index in [0.717, 1.165) is 11.1 Å². The van der Waals surface area contributed by atoms with E-state index < -0.39 is 6.04 Å². The van der Waals surface area contributed by atoms with Crippen molar-refractivity contribution in [1.82, 2.24) is 25.4 Å². The number of benzene rings is 1. The summed E-state index contributed by atoms with van der Waals surface area (Å²) in [5.41, 5.74) is 2.27. The highest BCUT2D eigenvalue weighted by molar-refractivity contribution is 5.92. The number of rotatable bonds is 5. The Morgan fingerprint density at radius 3 is 2.62 bits per heavy atom. The topological polar surface area (TPSA) is 93.8 Å². The predicted octanol–water partition coefficient (Wildman–Crippen LogP) is 3.45. The first kappa shape index (κ1) is 17.7. The van der Waals surface area contributed by atoms with Crippen LogP contribution in [-0.2, 0) is 0 Å². The van der Waals surface area contributed by atoms with Gasteiger partial charge in [-0.05, 0) is 25.5 Å². The molecule has 0 fully saturated rings. The molecule has 1 amide bonds. The number of nitrogens with zero attached hydrogens (tertiary/aromatic N) is 4. The highest BCUT2D eigenvalue weighted by Gasteiger charge is 2.20. The molecular weight excluding hydrogens is 330 g/mol. The van der Waals surface area contributed by atoms with Gasteiger partial charge in [0.2, 0.25) is 11.7 Å². The number of amides is 1. The van der Waals surface area contributed by atoms with Crippen molar-refractivity contribution >= 4 is 5.91 Å². The molecule has 134 valence electrons. The van der Waals surface area contributed by atoms with Crippen LogP contribution in [0.15, 0.2) is 41.1 Å². The van der Waals surface area contributed by atoms with E-state index in [-0.39, 0.29) is 11.8 Å². The minimum atomic E-state index is -0.440. The van der Waals surface area contributed by atoms with Crippen molar-refractivity contribution in [2.24, 2.45) is 0 Å². The molecule has 0 radical (unpaired) electrons. The van der Waals surface area contributed by atoms with Crippen molar-refractivity contribution in [3.8, 4) is 11.4 Å². The Kier molecular flexibility index (Phi) is 5.06. The van der Waals surface area contributed by atoms with Crippen LogP contribution in [0.2, 0.25) is 0 Å². The molecule has 0 unspecified atom stereocenters. The van der Waals surface area contributed by atoms with Crippen LogP contribution in [0.5, 0.6) is 0 Å². The molecule has 1 atom stereocenters. The number of carbonyl (C=O) groups is 1. The first-order chi connectivity index (χ1) is 12.5. The van der Waals surface area contributed by atoms with Crippen molar-refractivity contribution < 1.29 is 9.32 Å². The van der Waals surface area contributed by atoms with Gasteiger partial charge in [0.1, 0.15) is 17.6 Å². The highest BCUT2D eigenvalue weighted by Crippen LogP contribution is 2.22. The predicted molar refractivity (Wildman–Crippen MR) is 96.5 cm³/mol. The lowest BCUT2D eigenvalue weighted by Crippen LogP contribution is -2.28. The van der Waals surface area contributed by atoms with Gasteiger partial charge in [-0.3, -0.25) is 4.79 Å². The van der Waals surface area contributed by atoms with Crippen molar-refractivity contribution in [2.45, 2.75) is 39.7 Å². The maximum Gasteiger partial charge on any atom is 0.270 e. The summed E-state index contributed by atoms with van der Waals surface area (Å²) < 4.78 is 5.33. The first-order valence-corrected chi connectivity index (χ1v) is 8.49. The third kappa shape index (κ3) is 3.77. The van der Waals surface area contributed by atoms with Gasteiger partial charge in [-0.1, -0.05) is 43.3 Å². The number of hydrogen-bond donors (Lipinski definition) is 1. The Balaban J connectivity index is 1.74. The molecule has 0 saturated carbocycles. The van der Waals surface area contributed by atoms with Crippen LogP contribution in [-0.4, -0.2) is 26.0 Å². The Hall–Kier alpha value is -3.09. The summed E-state index contributed by atoms with van der Waals surface area (Å²) in [6.07, 6.45) is 1.59. The average molecular weight is 351 g/mol. The lowest BCUT2D eigenvalue weighted by atomic mass is 10.1. The molecule has 2 heterocycles. The highest BCUT2D eigenvalue weighted by atomic mass is 16.5. The molecule has 0 spiro atoms. The number of hydrogen-bond acceptors (Lipinski definition) is 6. The smallest absolute Gasteiger partial charge is 0.270 e. The van der Waals surface area contributed by atoms with E-state index in [1.54, 1.807) is 19.2 Å². The lowest BCUT2D eigenvalue weighted by molar-refractivity contribution is 0.0927. The number of carbonyl (C=O) groups excluding carboxylic acids is 1. The second-order valence-electron chi connectivity index (χ2n) is 6.42. The van der Waals surface area contributed by atoms with Crippen molar-refractivity contribution in [3.05, 3.63) is 59.5 Å². The fourth-order valence-electron chi connectivity index (χ4n) is 2.46. The molecule has 3 rings (SSSR count). The molecule has 1 N–H and O–H groups in total. The standard InChI is InChI=1S/C19H21N5O2/c1-11(2)16-20-10-9-15(22-16)18(25)21-13(4)19-23-17(24-26-19)14-8-6-5-7-12(14)3/h5-11,13H,1-4H3,(H,21,25)/t13-/m0/s1. The number of aromatic nitrogens is 4. The van der Waals surface area contributed by atoms with Gasteiger partial charge < -0.3 is 9.84 Å². The summed E-state index contributed by atoms with van der Waals surface area (Å²) in [6.45, 7) is 7.73. The summed E-state index contributed by atoms with van der Waals surface area (Å²) in [6, 6.07) is 8.94. The van der Waals surface area contributed by atoms with E-state index in [9.17, 15) is 4.79 Å². The molecule has 3 aromatic rings. The summed E-state index contributed by atoms with van der Waals surface area (Å²) in [5.74, 6) is 1.31. The molecule has 0 bridgehead atoms. The molecule has 0 saturated heterocycles. The maximum atomic E-state index is 12.4. The summed E-state index contributed by atoms with van der Waals surface area (Å²) in [5, 5.41) is 6.86. The molecule has 26 heavy (non-hydrogen) atoms. The van der Waals surface area contributed by atoms with Crippen LogP contribution in [0.4, 0.5) is 0 Å². The molecule has 1 aromatic carbocycles. The Morgan fingerprint density at radius 2 is 1.88 bits per heavy atom. The van der Waals surface area contributed by atoms with E-state index in [2.05, 4.69) is 25.4 Å². The molecular formula is C19H21N5O2. The van der Waals surface area contributed by atoms with Gasteiger partial charge in [0.25, 0.3) is 5.91 Å². The largest absolute Gasteiger partial charge is 0.339 e. The van der Waals surface area contributed by atoms with E-state index >= 15 is 0 Å². The van der Waals surface area contributed by atoms with Crippen LogP contribution in [0.1, 0.15) is 60.5 Å². The van der Waals surface area contributed by atoms with Gasteiger partial charge in [0, 0.05) is 17.7 Å². The van der Waals surface area contributed by atoms with Crippen molar-refractivity contribution in [1.29, 1.82) is 0 Å². The SMILES string of the molecule is Cc1ccccc1-c1noc([C@H](C)NC(=O)c2ccnc(C(C)C)n2)n1. The quantitative estimate of drug-likeness (QED) is 0.756. The molecule has 0 aliphatic heterocycles. The zero-order valence-corrected chi connectivity index (χ0v) is 15.2. The average Bonchev–Trinajstić information content (AvgIpc) is 3.12. The summed E-state index contributed by atoms with van der Waals surface area (Å²) >= 11 is 0. The molecule has 2 aromatic heterocycles. The molecule has 7 heteroatoms. The van der Waals surface area contributed by atoms with Crippen LogP contribution < -0.4 is 5.32 Å². The lowest BCUT2D eigenvalue weighted by Gasteiger charge is -2.10. The van der Waals surface area contributed by atoms with E-state index in [1.807, 2.05) is 45.0 Å². The van der Waals surface area contributed by atoms with Crippen LogP contribution in [0.25, 0.3) is 11.4 Å². The first-order valence-electron chi connectivity index (χ1n) is 8.49.